The number of anilines is 1. The van der Waals surface area contributed by atoms with Gasteiger partial charge >= 0.3 is 5.97 Å². The average molecular weight is 312 g/mol. The first kappa shape index (κ1) is 14.6. The van der Waals surface area contributed by atoms with Gasteiger partial charge < -0.3 is 19.9 Å². The largest absolute Gasteiger partial charge is 0.459 e. The van der Waals surface area contributed by atoms with Crippen LogP contribution in [0, 0.1) is 0 Å². The number of benzene rings is 1. The monoisotopic (exact) mass is 311 g/mol. The highest BCUT2D eigenvalue weighted by Crippen LogP contribution is 2.34. The van der Waals surface area contributed by atoms with Crippen molar-refractivity contribution in [2.75, 3.05) is 25.6 Å². The van der Waals surface area contributed by atoms with Crippen molar-refractivity contribution in [1.29, 1.82) is 0 Å². The highest BCUT2D eigenvalue weighted by molar-refractivity contribution is 6.31. The Kier molecular flexibility index (Phi) is 4.06. The fourth-order valence-electron chi connectivity index (χ4n) is 2.88. The zero-order chi connectivity index (χ0) is 14.9. The summed E-state index contributed by atoms with van der Waals surface area (Å²) in [5.74, 6) is -0.412. The molecule has 2 saturated heterocycles. The summed E-state index contributed by atoms with van der Waals surface area (Å²) >= 11 is 5.83. The fourth-order valence-corrected chi connectivity index (χ4v) is 3.06. The number of nitrogens with two attached hydrogens (primary N) is 1. The van der Waals surface area contributed by atoms with Crippen molar-refractivity contribution in [2.24, 2.45) is 0 Å². The van der Waals surface area contributed by atoms with E-state index in [0.717, 1.165) is 6.42 Å². The zero-order valence-electron chi connectivity index (χ0n) is 11.6. The molecule has 2 fully saturated rings. The van der Waals surface area contributed by atoms with Crippen LogP contribution in [0.5, 0.6) is 0 Å². The average Bonchev–Trinajstić information content (AvgIpc) is 2.86. The molecule has 114 valence electrons. The van der Waals surface area contributed by atoms with Gasteiger partial charge in [-0.1, -0.05) is 11.6 Å². The standard InChI is InChI=1S/C15H18ClNO4/c16-10-1-2-12(13(17)7-10)14(18)21-11-3-5-20-15(8-11)4-6-19-9-15/h1-2,7,11H,3-6,8-9,17H2. The molecule has 1 aromatic rings. The van der Waals surface area contributed by atoms with E-state index >= 15 is 0 Å². The molecule has 21 heavy (non-hydrogen) atoms. The highest BCUT2D eigenvalue weighted by Gasteiger charge is 2.42. The Bertz CT molecular complexity index is 542. The third kappa shape index (κ3) is 3.15. The first-order chi connectivity index (χ1) is 10.1. The summed E-state index contributed by atoms with van der Waals surface area (Å²) in [6.07, 6.45) is 2.06. The van der Waals surface area contributed by atoms with Crippen LogP contribution in [0.2, 0.25) is 5.02 Å². The van der Waals surface area contributed by atoms with Crippen molar-refractivity contribution >= 4 is 23.3 Å². The molecule has 2 aliphatic heterocycles. The van der Waals surface area contributed by atoms with Crippen LogP contribution in [0.25, 0.3) is 0 Å². The Hall–Kier alpha value is -1.30. The number of esters is 1. The molecule has 2 atom stereocenters. The van der Waals surface area contributed by atoms with E-state index < -0.39 is 5.97 Å². The lowest BCUT2D eigenvalue weighted by Gasteiger charge is -2.36. The van der Waals surface area contributed by atoms with E-state index in [4.69, 9.17) is 31.5 Å². The molecule has 1 aromatic carbocycles. The van der Waals surface area contributed by atoms with E-state index in [2.05, 4.69) is 0 Å². The molecule has 0 bridgehead atoms. The second-order valence-corrected chi connectivity index (χ2v) is 6.02. The van der Waals surface area contributed by atoms with Crippen molar-refractivity contribution < 1.29 is 19.0 Å². The lowest BCUT2D eigenvalue weighted by atomic mass is 9.91. The molecule has 0 amide bonds. The molecule has 0 aliphatic carbocycles. The minimum Gasteiger partial charge on any atom is -0.459 e. The highest BCUT2D eigenvalue weighted by atomic mass is 35.5. The Morgan fingerprint density at radius 3 is 3.00 bits per heavy atom. The minimum absolute atomic E-state index is 0.164. The predicted octanol–water partition coefficient (Wildman–Crippen LogP) is 2.42. The number of halogens is 1. The fraction of sp³-hybridized carbons (Fsp3) is 0.533. The van der Waals surface area contributed by atoms with E-state index in [-0.39, 0.29) is 11.7 Å². The van der Waals surface area contributed by atoms with E-state index in [0.29, 0.717) is 48.9 Å². The van der Waals surface area contributed by atoms with Gasteiger partial charge in [0.15, 0.2) is 0 Å². The van der Waals surface area contributed by atoms with Gasteiger partial charge in [0.1, 0.15) is 6.10 Å². The molecule has 2 unspecified atom stereocenters. The molecule has 2 aliphatic rings. The Morgan fingerprint density at radius 2 is 2.29 bits per heavy atom. The topological polar surface area (TPSA) is 70.8 Å². The van der Waals surface area contributed by atoms with E-state index in [9.17, 15) is 4.79 Å². The molecule has 1 spiro atoms. The van der Waals surface area contributed by atoms with Gasteiger partial charge in [0.2, 0.25) is 0 Å². The van der Waals surface area contributed by atoms with Crippen LogP contribution in [0.1, 0.15) is 29.6 Å². The summed E-state index contributed by atoms with van der Waals surface area (Å²) < 4.78 is 16.8. The maximum absolute atomic E-state index is 12.2. The number of rotatable bonds is 2. The second-order valence-electron chi connectivity index (χ2n) is 5.59. The van der Waals surface area contributed by atoms with Crippen LogP contribution in [0.15, 0.2) is 18.2 Å². The first-order valence-electron chi connectivity index (χ1n) is 7.06. The van der Waals surface area contributed by atoms with Gasteiger partial charge in [0, 0.05) is 36.6 Å². The molecule has 5 nitrogen and oxygen atoms in total. The van der Waals surface area contributed by atoms with Crippen molar-refractivity contribution in [3.05, 3.63) is 28.8 Å². The van der Waals surface area contributed by atoms with Crippen LogP contribution in [0.4, 0.5) is 5.69 Å². The molecule has 3 rings (SSSR count). The number of ether oxygens (including phenoxy) is 3. The summed E-state index contributed by atoms with van der Waals surface area (Å²) in [6.45, 7) is 1.85. The Balaban J connectivity index is 1.67. The van der Waals surface area contributed by atoms with Gasteiger partial charge in [-0.05, 0) is 18.2 Å². The minimum atomic E-state index is -0.412. The number of carbonyl (C=O) groups excluding carboxylic acids is 1. The molecular formula is C15H18ClNO4. The summed E-state index contributed by atoms with van der Waals surface area (Å²) in [7, 11) is 0. The van der Waals surface area contributed by atoms with Crippen molar-refractivity contribution in [2.45, 2.75) is 31.0 Å². The van der Waals surface area contributed by atoms with Crippen molar-refractivity contribution in [1.82, 2.24) is 0 Å². The van der Waals surface area contributed by atoms with Gasteiger partial charge in [0.05, 0.1) is 24.4 Å². The smallest absolute Gasteiger partial charge is 0.340 e. The third-order valence-corrected chi connectivity index (χ3v) is 4.26. The maximum Gasteiger partial charge on any atom is 0.340 e. The number of carbonyl (C=O) groups is 1. The van der Waals surface area contributed by atoms with Gasteiger partial charge in [-0.2, -0.15) is 0 Å². The number of hydrogen-bond donors (Lipinski definition) is 1. The summed E-state index contributed by atoms with van der Waals surface area (Å²) in [5.41, 5.74) is 6.21. The molecule has 2 heterocycles. The van der Waals surface area contributed by atoms with Crippen molar-refractivity contribution in [3.8, 4) is 0 Å². The molecule has 6 heteroatoms. The lowest BCUT2D eigenvalue weighted by Crippen LogP contribution is -2.43. The third-order valence-electron chi connectivity index (χ3n) is 4.02. The summed E-state index contributed by atoms with van der Waals surface area (Å²) in [4.78, 5) is 12.2. The SMILES string of the molecule is Nc1cc(Cl)ccc1C(=O)OC1CCOC2(CCOC2)C1. The van der Waals surface area contributed by atoms with E-state index in [1.807, 2.05) is 0 Å². The molecule has 2 N–H and O–H groups in total. The van der Waals surface area contributed by atoms with E-state index in [1.165, 1.54) is 0 Å². The molecule has 0 saturated carbocycles. The van der Waals surface area contributed by atoms with Crippen LogP contribution in [-0.4, -0.2) is 37.5 Å². The van der Waals surface area contributed by atoms with Crippen LogP contribution in [-0.2, 0) is 14.2 Å². The predicted molar refractivity (Wildman–Crippen MR) is 78.4 cm³/mol. The maximum atomic E-state index is 12.2. The normalized spacial score (nSPS) is 28.7. The first-order valence-corrected chi connectivity index (χ1v) is 7.43. The molecule has 0 radical (unpaired) electrons. The van der Waals surface area contributed by atoms with Gasteiger partial charge in [-0.25, -0.2) is 4.79 Å². The van der Waals surface area contributed by atoms with Gasteiger partial charge in [0.25, 0.3) is 0 Å². The van der Waals surface area contributed by atoms with E-state index in [1.54, 1.807) is 18.2 Å². The Morgan fingerprint density at radius 1 is 1.43 bits per heavy atom. The van der Waals surface area contributed by atoms with Crippen LogP contribution < -0.4 is 5.73 Å². The quantitative estimate of drug-likeness (QED) is 0.671. The molecule has 0 aromatic heterocycles. The second kappa shape index (κ2) is 5.83. The van der Waals surface area contributed by atoms with Crippen LogP contribution in [0.3, 0.4) is 0 Å². The van der Waals surface area contributed by atoms with Crippen molar-refractivity contribution in [3.63, 3.8) is 0 Å². The van der Waals surface area contributed by atoms with Crippen LogP contribution >= 0.6 is 11.6 Å². The zero-order valence-corrected chi connectivity index (χ0v) is 12.4. The Labute approximate surface area is 128 Å². The van der Waals surface area contributed by atoms with Gasteiger partial charge in [-0.3, -0.25) is 0 Å². The van der Waals surface area contributed by atoms with Gasteiger partial charge in [-0.15, -0.1) is 0 Å². The number of hydrogen-bond acceptors (Lipinski definition) is 5. The summed E-state index contributed by atoms with van der Waals surface area (Å²) in [6, 6.07) is 4.77. The molecular weight excluding hydrogens is 294 g/mol. The lowest BCUT2D eigenvalue weighted by molar-refractivity contribution is -0.120. The number of nitrogen functional groups attached to an aromatic ring is 1. The summed E-state index contributed by atoms with van der Waals surface area (Å²) in [5, 5.41) is 0.497.